The maximum absolute atomic E-state index is 12.8. The Morgan fingerprint density at radius 2 is 1.64 bits per heavy atom. The second-order valence-electron chi connectivity index (χ2n) is 17.7. The first-order chi connectivity index (χ1) is 34.7. The number of phosphoric ester groups is 3. The second-order valence-corrected chi connectivity index (χ2v) is 23.1. The van der Waals surface area contributed by atoms with Gasteiger partial charge in [-0.3, -0.25) is 37.3 Å². The van der Waals surface area contributed by atoms with Crippen molar-refractivity contribution in [3.05, 3.63) is 61.3 Å². The number of nitrogens with zero attached hydrogens (tertiary/aromatic N) is 4. The molecule has 1 aliphatic heterocycles. The van der Waals surface area contributed by atoms with Crippen LogP contribution in [0.4, 0.5) is 5.82 Å². The van der Waals surface area contributed by atoms with Crippen LogP contribution in [0.25, 0.3) is 11.2 Å². The van der Waals surface area contributed by atoms with Gasteiger partial charge in [0.15, 0.2) is 22.8 Å². The molecule has 4 rings (SSSR count). The molecule has 0 radical (unpaired) electrons. The number of imidazole rings is 1. The number of nitrogens with one attached hydrogen (secondary N) is 2. The van der Waals surface area contributed by atoms with Crippen molar-refractivity contribution in [2.24, 2.45) is 17.3 Å². The minimum atomic E-state index is -5.61. The second kappa shape index (κ2) is 29.0. The first-order valence-corrected chi connectivity index (χ1v) is 28.8. The third kappa shape index (κ3) is 20.2. The minimum Gasteiger partial charge on any atom is -0.392 e. The summed E-state index contributed by atoms with van der Waals surface area (Å²) in [7, 11) is -16.5. The first-order valence-electron chi connectivity index (χ1n) is 23.3. The van der Waals surface area contributed by atoms with Crippen LogP contribution < -0.4 is 16.4 Å². The van der Waals surface area contributed by atoms with Gasteiger partial charge in [0.2, 0.25) is 11.8 Å². The lowest BCUT2D eigenvalue weighted by Gasteiger charge is -2.30. The molecular weight excluding hydrogens is 1060 g/mol. The molecule has 31 heteroatoms. The number of aliphatic hydroxyl groups is 4. The Bertz CT molecular complexity index is 2490. The molecule has 11 unspecified atom stereocenters. The first kappa shape index (κ1) is 62.6. The lowest BCUT2D eigenvalue weighted by atomic mass is 9.87. The van der Waals surface area contributed by atoms with E-state index >= 15 is 0 Å². The van der Waals surface area contributed by atoms with Gasteiger partial charge in [0.1, 0.15) is 42.0 Å². The third-order valence-electron chi connectivity index (χ3n) is 11.4. The maximum atomic E-state index is 12.8. The van der Waals surface area contributed by atoms with Crippen molar-refractivity contribution in [2.45, 2.75) is 115 Å². The van der Waals surface area contributed by atoms with Crippen LogP contribution in [0, 0.1) is 17.3 Å². The van der Waals surface area contributed by atoms with Crippen LogP contribution >= 0.6 is 35.2 Å². The molecule has 1 saturated carbocycles. The third-order valence-corrected chi connectivity index (χ3v) is 15.4. The lowest BCUT2D eigenvalue weighted by molar-refractivity contribution is -0.137. The standard InChI is InChI=1S/C43H66N7O20P3S/c1-4-5-6-7-8-9-10-11-12-13-27(51)14-15-28-29(31(53)22-30(28)52)16-17-34(55)74-21-20-45-33(54)18-19-46-41(58)38(57)43(2,3)24-67-73(64,65)70-72(62,63)66-23-32-37(69-71(59,60)61)36(56)42(68-32)50-26-49-35-39(44)47-25-48-40(35)50/h5-6,8-9,11-12,14-15,25-30,32,36-38,42,51-52,56-57H,4,7,10,13,16-24H2,1-3H3,(H,45,54)(H,46,58)(H,62,63)(H,64,65)(H2,44,47,48)(H2,59,60,61)/b6-5+,9-8+,12-11+,15-14+. The number of thioether (sulfide) groups is 1. The van der Waals surface area contributed by atoms with Crippen molar-refractivity contribution in [3.63, 3.8) is 0 Å². The molecule has 414 valence electrons. The van der Waals surface area contributed by atoms with Crippen molar-refractivity contribution in [1.82, 2.24) is 30.2 Å². The zero-order chi connectivity index (χ0) is 54.9. The molecule has 3 heterocycles. The lowest BCUT2D eigenvalue weighted by Crippen LogP contribution is -2.46. The average Bonchev–Trinajstić information content (AvgIpc) is 3.97. The number of ketones is 1. The van der Waals surface area contributed by atoms with Crippen molar-refractivity contribution in [1.29, 1.82) is 0 Å². The highest BCUT2D eigenvalue weighted by Crippen LogP contribution is 2.61. The van der Waals surface area contributed by atoms with Crippen molar-refractivity contribution < 1.29 is 95.5 Å². The summed E-state index contributed by atoms with van der Waals surface area (Å²) in [6.07, 6.45) is 9.56. The number of rotatable bonds is 31. The Balaban J connectivity index is 1.13. The van der Waals surface area contributed by atoms with Gasteiger partial charge in [0, 0.05) is 55.4 Å². The number of Topliss-reactive ketones (excluding diaryl/α,β-unsaturated/α-hetero) is 1. The van der Waals surface area contributed by atoms with E-state index in [0.717, 1.165) is 48.2 Å². The van der Waals surface area contributed by atoms with E-state index in [1.165, 1.54) is 13.8 Å². The van der Waals surface area contributed by atoms with E-state index in [1.54, 1.807) is 12.2 Å². The summed E-state index contributed by atoms with van der Waals surface area (Å²) in [4.78, 5) is 102. The number of anilines is 1. The van der Waals surface area contributed by atoms with Gasteiger partial charge >= 0.3 is 23.5 Å². The van der Waals surface area contributed by atoms with Crippen LogP contribution in [0.3, 0.4) is 0 Å². The number of allylic oxidation sites excluding steroid dienone is 5. The van der Waals surface area contributed by atoms with E-state index in [4.69, 9.17) is 19.5 Å². The molecule has 0 spiro atoms. The van der Waals surface area contributed by atoms with Gasteiger partial charge < -0.3 is 61.1 Å². The summed E-state index contributed by atoms with van der Waals surface area (Å²) in [5.41, 5.74) is 4.20. The Hall–Kier alpha value is -3.89. The van der Waals surface area contributed by atoms with E-state index in [2.05, 4.69) is 59.6 Å². The van der Waals surface area contributed by atoms with E-state index in [-0.39, 0.29) is 72.4 Å². The van der Waals surface area contributed by atoms with Crippen LogP contribution in [0.1, 0.15) is 78.4 Å². The predicted molar refractivity (Wildman–Crippen MR) is 266 cm³/mol. The van der Waals surface area contributed by atoms with Gasteiger partial charge in [0.25, 0.3) is 0 Å². The van der Waals surface area contributed by atoms with Crippen molar-refractivity contribution >= 4 is 74.9 Å². The molecule has 2 amide bonds. The van der Waals surface area contributed by atoms with Gasteiger partial charge in [-0.05, 0) is 32.1 Å². The van der Waals surface area contributed by atoms with Crippen LogP contribution in [0.2, 0.25) is 0 Å². The molecule has 0 aromatic carbocycles. The molecular formula is C43H66N7O20P3S. The number of carbonyl (C=O) groups is 4. The summed E-state index contributed by atoms with van der Waals surface area (Å²) in [5, 5.41) is 47.2. The number of hydrogen-bond donors (Lipinski definition) is 11. The molecule has 11 atom stereocenters. The molecule has 2 fully saturated rings. The number of aliphatic hydroxyl groups excluding tert-OH is 4. The normalized spacial score (nSPS) is 24.3. The zero-order valence-electron chi connectivity index (χ0n) is 40.8. The number of fused-ring (bicyclic) bond motifs is 1. The molecule has 1 aliphatic carbocycles. The summed E-state index contributed by atoms with van der Waals surface area (Å²) in [6.45, 7) is 2.27. The number of ether oxygens (including phenoxy) is 1. The predicted octanol–water partition coefficient (Wildman–Crippen LogP) is 2.18. The Kier molecular flexibility index (Phi) is 24.6. The SMILES string of the molecule is CC/C=C/C/C=C/C/C=C/CC(O)/C=C/C1C(O)CC(=O)C1CCC(=O)SCCNC(=O)CCNC(=O)C(O)C(C)(C)COP(=O)(O)OP(=O)(O)OCC1OC(n2cnc3c(N)ncnc32)C(O)C1OP(=O)(O)O. The largest absolute Gasteiger partial charge is 0.481 e. The minimum absolute atomic E-state index is 0.0165. The van der Waals surface area contributed by atoms with Gasteiger partial charge in [0.05, 0.1) is 31.7 Å². The van der Waals surface area contributed by atoms with E-state index in [9.17, 15) is 72.9 Å². The maximum Gasteiger partial charge on any atom is 0.481 e. The van der Waals surface area contributed by atoms with Crippen LogP contribution in [-0.2, 0) is 55.5 Å². The number of aromatic nitrogens is 4. The van der Waals surface area contributed by atoms with Crippen molar-refractivity contribution in [2.75, 3.05) is 37.8 Å². The van der Waals surface area contributed by atoms with Crippen LogP contribution in [-0.4, -0.2) is 151 Å². The highest BCUT2D eigenvalue weighted by atomic mass is 32.2. The fraction of sp³-hybridized carbons (Fsp3) is 0.605. The Morgan fingerprint density at radius 1 is 0.959 bits per heavy atom. The average molecular weight is 1130 g/mol. The molecule has 74 heavy (non-hydrogen) atoms. The highest BCUT2D eigenvalue weighted by Gasteiger charge is 2.50. The molecule has 12 N–H and O–H groups in total. The highest BCUT2D eigenvalue weighted by molar-refractivity contribution is 8.13. The molecule has 0 bridgehead atoms. The number of carbonyl (C=O) groups excluding carboxylic acids is 4. The Labute approximate surface area is 430 Å². The summed E-state index contributed by atoms with van der Waals surface area (Å²) in [5.74, 6) is -2.69. The number of hydrogen-bond acceptors (Lipinski definition) is 21. The monoisotopic (exact) mass is 1130 g/mol. The quantitative estimate of drug-likeness (QED) is 0.0293. The van der Waals surface area contributed by atoms with E-state index in [1.807, 2.05) is 18.2 Å². The van der Waals surface area contributed by atoms with Crippen LogP contribution in [0.5, 0.6) is 0 Å². The molecule has 1 saturated heterocycles. The van der Waals surface area contributed by atoms with Gasteiger partial charge in [-0.2, -0.15) is 4.31 Å². The van der Waals surface area contributed by atoms with Crippen LogP contribution in [0.15, 0.2) is 61.3 Å². The Morgan fingerprint density at radius 3 is 2.32 bits per heavy atom. The van der Waals surface area contributed by atoms with Gasteiger partial charge in [-0.25, -0.2) is 28.6 Å². The molecule has 2 aromatic rings. The zero-order valence-corrected chi connectivity index (χ0v) is 44.3. The fourth-order valence-electron chi connectivity index (χ4n) is 7.51. The number of amides is 2. The van der Waals surface area contributed by atoms with Gasteiger partial charge in [-0.15, -0.1) is 0 Å². The summed E-state index contributed by atoms with van der Waals surface area (Å²) in [6, 6.07) is 0. The summed E-state index contributed by atoms with van der Waals surface area (Å²) < 4.78 is 62.5. The van der Waals surface area contributed by atoms with Gasteiger partial charge in [-0.1, -0.05) is 81.1 Å². The van der Waals surface area contributed by atoms with Crippen molar-refractivity contribution in [3.8, 4) is 0 Å². The molecule has 2 aliphatic rings. The fourth-order valence-corrected chi connectivity index (χ4v) is 11.0. The van der Waals surface area contributed by atoms with E-state index in [0.29, 0.717) is 6.42 Å². The number of phosphoric acid groups is 3. The van der Waals surface area contributed by atoms with E-state index < -0.39 is 109 Å². The summed E-state index contributed by atoms with van der Waals surface area (Å²) >= 11 is 0.947. The molecule has 2 aromatic heterocycles. The number of nitrogen functional groups attached to an aromatic ring is 1. The smallest absolute Gasteiger partial charge is 0.392 e. The number of nitrogens with two attached hydrogens (primary N) is 1. The topological polar surface area (TPSA) is 421 Å². The molecule has 27 nitrogen and oxygen atoms in total.